The van der Waals surface area contributed by atoms with E-state index in [4.69, 9.17) is 5.41 Å². The minimum atomic E-state index is -0.333. The molecule has 0 rings (SSSR count). The number of carbonyl (C=O) groups excluding carboxylic acids is 1. The van der Waals surface area contributed by atoms with Gasteiger partial charge < -0.3 is 22.1 Å². The van der Waals surface area contributed by atoms with Crippen LogP contribution in [-0.2, 0) is 0 Å². The summed E-state index contributed by atoms with van der Waals surface area (Å²) in [5.41, 5.74) is 8.94. The molecule has 0 aliphatic rings. The molecule has 2 amide bonds. The van der Waals surface area contributed by atoms with Gasteiger partial charge in [-0.15, -0.1) is 0 Å². The van der Waals surface area contributed by atoms with E-state index in [1.165, 1.54) is 0 Å². The first-order chi connectivity index (χ1) is 4.54. The fourth-order valence-corrected chi connectivity index (χ4v) is 0.125. The smallest absolute Gasteiger partial charge is 0.314 e. The predicted molar refractivity (Wildman–Crippen MR) is 39.6 cm³/mol. The van der Waals surface area contributed by atoms with E-state index in [0.29, 0.717) is 0 Å². The van der Waals surface area contributed by atoms with Crippen LogP contribution in [-0.4, -0.2) is 26.1 Å². The van der Waals surface area contributed by atoms with Crippen LogP contribution >= 0.6 is 0 Å². The van der Waals surface area contributed by atoms with Gasteiger partial charge in [0, 0.05) is 14.1 Å². The lowest BCUT2D eigenvalue weighted by Crippen LogP contribution is -2.28. The Kier molecular flexibility index (Phi) is 8.56. The number of amides is 2. The van der Waals surface area contributed by atoms with Crippen molar-refractivity contribution in [1.82, 2.24) is 10.6 Å². The Morgan fingerprint density at radius 2 is 1.50 bits per heavy atom. The van der Waals surface area contributed by atoms with Crippen molar-refractivity contribution in [2.24, 2.45) is 11.5 Å². The Morgan fingerprint density at radius 3 is 1.50 bits per heavy atom. The van der Waals surface area contributed by atoms with Crippen molar-refractivity contribution in [1.29, 1.82) is 5.41 Å². The largest absolute Gasteiger partial charge is 0.370 e. The molecule has 0 saturated heterocycles. The van der Waals surface area contributed by atoms with Gasteiger partial charge in [-0.25, -0.2) is 4.79 Å². The van der Waals surface area contributed by atoms with Crippen molar-refractivity contribution in [3.8, 4) is 0 Å². The van der Waals surface area contributed by atoms with Gasteiger partial charge in [-0.3, -0.25) is 5.41 Å². The number of guanidine groups is 1. The number of carbonyl (C=O) groups is 1. The van der Waals surface area contributed by atoms with Gasteiger partial charge in [0.05, 0.1) is 0 Å². The molecule has 0 aliphatic carbocycles. The van der Waals surface area contributed by atoms with Gasteiger partial charge in [0.1, 0.15) is 0 Å². The number of nitrogens with one attached hydrogen (secondary N) is 3. The number of hydrogen-bond acceptors (Lipinski definition) is 2. The molecule has 0 heterocycles. The Labute approximate surface area is 59.5 Å². The van der Waals surface area contributed by atoms with Crippen LogP contribution in [0.5, 0.6) is 0 Å². The molecule has 10 heavy (non-hydrogen) atoms. The molecule has 0 unspecified atom stereocenters. The van der Waals surface area contributed by atoms with Crippen LogP contribution in [0.4, 0.5) is 4.79 Å². The lowest BCUT2D eigenvalue weighted by Gasteiger charge is -1.91. The van der Waals surface area contributed by atoms with Crippen molar-refractivity contribution in [2.75, 3.05) is 14.1 Å². The first-order valence-corrected chi connectivity index (χ1v) is 2.53. The molecule has 0 aromatic rings. The highest BCUT2D eigenvalue weighted by Gasteiger charge is 1.81. The number of rotatable bonds is 0. The molecule has 0 saturated carbocycles. The molecular weight excluding hydrogens is 134 g/mol. The quantitative estimate of drug-likeness (QED) is 0.209. The Morgan fingerprint density at radius 1 is 1.30 bits per heavy atom. The zero-order chi connectivity index (χ0) is 8.57. The van der Waals surface area contributed by atoms with E-state index in [1.54, 1.807) is 14.1 Å². The summed E-state index contributed by atoms with van der Waals surface area (Å²) in [7, 11) is 3.14. The number of urea groups is 1. The summed E-state index contributed by atoms with van der Waals surface area (Å²) in [6.45, 7) is 0. The van der Waals surface area contributed by atoms with Gasteiger partial charge in [-0.1, -0.05) is 0 Å². The maximum atomic E-state index is 9.96. The predicted octanol–water partition coefficient (Wildman–Crippen LogP) is -1.62. The Hall–Kier alpha value is -1.46. The lowest BCUT2D eigenvalue weighted by atomic mass is 11.0. The topological polar surface area (TPSA) is 117 Å². The second-order valence-corrected chi connectivity index (χ2v) is 1.28. The van der Waals surface area contributed by atoms with Crippen molar-refractivity contribution in [2.45, 2.75) is 0 Å². The summed E-state index contributed by atoms with van der Waals surface area (Å²) in [5, 5.41) is 10.8. The normalized spacial score (nSPS) is 6.60. The third kappa shape index (κ3) is 31.1. The van der Waals surface area contributed by atoms with Crippen LogP contribution in [0.25, 0.3) is 0 Å². The average Bonchev–Trinajstić information content (AvgIpc) is 1.85. The maximum absolute atomic E-state index is 9.96. The van der Waals surface area contributed by atoms with E-state index < -0.39 is 0 Å². The molecular formula is C4H13N5O. The highest BCUT2D eigenvalue weighted by atomic mass is 16.2. The highest BCUT2D eigenvalue weighted by Crippen LogP contribution is 1.48. The van der Waals surface area contributed by atoms with Crippen LogP contribution < -0.4 is 22.1 Å². The van der Waals surface area contributed by atoms with Crippen molar-refractivity contribution in [3.63, 3.8) is 0 Å². The van der Waals surface area contributed by atoms with Crippen LogP contribution in [0.3, 0.4) is 0 Å². The molecule has 6 nitrogen and oxygen atoms in total. The molecule has 0 aromatic heterocycles. The van der Waals surface area contributed by atoms with E-state index in [2.05, 4.69) is 22.1 Å². The van der Waals surface area contributed by atoms with Crippen LogP contribution in [0.15, 0.2) is 0 Å². The van der Waals surface area contributed by atoms with E-state index >= 15 is 0 Å². The molecule has 6 heteroatoms. The van der Waals surface area contributed by atoms with E-state index in [9.17, 15) is 4.79 Å². The van der Waals surface area contributed by atoms with E-state index in [1.807, 2.05) is 0 Å². The number of nitrogens with two attached hydrogens (primary N) is 2. The molecule has 0 radical (unpaired) electrons. The first kappa shape index (κ1) is 11.4. The van der Waals surface area contributed by atoms with Crippen LogP contribution in [0, 0.1) is 5.41 Å². The molecule has 0 bridgehead atoms. The van der Waals surface area contributed by atoms with Gasteiger partial charge in [0.25, 0.3) is 0 Å². The zero-order valence-electron chi connectivity index (χ0n) is 6.06. The van der Waals surface area contributed by atoms with E-state index in [0.717, 1.165) is 0 Å². The monoisotopic (exact) mass is 147 g/mol. The van der Waals surface area contributed by atoms with E-state index in [-0.39, 0.29) is 12.0 Å². The average molecular weight is 147 g/mol. The molecule has 0 fully saturated rings. The summed E-state index contributed by atoms with van der Waals surface area (Å²) in [6, 6.07) is -0.157. The van der Waals surface area contributed by atoms with Gasteiger partial charge in [-0.05, 0) is 0 Å². The molecule has 0 atom stereocenters. The summed E-state index contributed by atoms with van der Waals surface area (Å²) in [5.74, 6) is -0.333. The minimum absolute atomic E-state index is 0.157. The van der Waals surface area contributed by atoms with Gasteiger partial charge >= 0.3 is 6.03 Å². The van der Waals surface area contributed by atoms with Crippen LogP contribution in [0.1, 0.15) is 0 Å². The Bertz CT molecular complexity index is 102. The third-order valence-corrected chi connectivity index (χ3v) is 0.454. The maximum Gasteiger partial charge on any atom is 0.314 e. The molecule has 0 aliphatic heterocycles. The van der Waals surface area contributed by atoms with Crippen LogP contribution in [0.2, 0.25) is 0 Å². The summed E-state index contributed by atoms with van der Waals surface area (Å²) >= 11 is 0. The fourth-order valence-electron chi connectivity index (χ4n) is 0.125. The second-order valence-electron chi connectivity index (χ2n) is 1.28. The second kappa shape index (κ2) is 7.54. The number of hydrogen-bond donors (Lipinski definition) is 5. The van der Waals surface area contributed by atoms with Gasteiger partial charge in [0.15, 0.2) is 5.96 Å². The first-order valence-electron chi connectivity index (χ1n) is 2.53. The summed E-state index contributed by atoms with van der Waals surface area (Å²) in [4.78, 5) is 9.96. The molecule has 0 aromatic carbocycles. The Balaban J connectivity index is 0. The SMILES string of the molecule is CNC(=O)NC.N=C(N)N. The highest BCUT2D eigenvalue weighted by molar-refractivity contribution is 5.72. The van der Waals surface area contributed by atoms with Crippen molar-refractivity contribution >= 4 is 12.0 Å². The fraction of sp³-hybridized carbons (Fsp3) is 0.500. The standard InChI is InChI=1S/C3H8N2O.CH5N3/c1-4-3(6)5-2;2-1(3)4/h1-2H3,(H2,4,5,6);(H5,2,3,4). The zero-order valence-corrected chi connectivity index (χ0v) is 6.06. The van der Waals surface area contributed by atoms with Crippen molar-refractivity contribution < 1.29 is 4.79 Å². The minimum Gasteiger partial charge on any atom is -0.370 e. The lowest BCUT2D eigenvalue weighted by molar-refractivity contribution is 0.245. The molecule has 7 N–H and O–H groups in total. The molecule has 60 valence electrons. The summed E-state index contributed by atoms with van der Waals surface area (Å²) in [6.07, 6.45) is 0. The third-order valence-electron chi connectivity index (χ3n) is 0.454. The summed E-state index contributed by atoms with van der Waals surface area (Å²) < 4.78 is 0. The van der Waals surface area contributed by atoms with Gasteiger partial charge in [-0.2, -0.15) is 0 Å². The molecule has 0 spiro atoms. The van der Waals surface area contributed by atoms with Crippen molar-refractivity contribution in [3.05, 3.63) is 0 Å². The van der Waals surface area contributed by atoms with Gasteiger partial charge in [0.2, 0.25) is 0 Å².